The first kappa shape index (κ1) is 17.0. The number of halogens is 2. The van der Waals surface area contributed by atoms with E-state index < -0.39 is 5.41 Å². The van der Waals surface area contributed by atoms with Crippen molar-refractivity contribution in [2.24, 2.45) is 0 Å². The van der Waals surface area contributed by atoms with Gasteiger partial charge in [0, 0.05) is 18.6 Å². The molecule has 24 heavy (non-hydrogen) atoms. The molecule has 2 nitrogen and oxygen atoms in total. The van der Waals surface area contributed by atoms with Crippen LogP contribution < -0.4 is 0 Å². The van der Waals surface area contributed by atoms with Gasteiger partial charge in [-0.15, -0.1) is 0 Å². The zero-order chi connectivity index (χ0) is 17.2. The fourth-order valence-electron chi connectivity index (χ4n) is 3.71. The molecule has 0 atom stereocenters. The van der Waals surface area contributed by atoms with Gasteiger partial charge in [-0.3, -0.25) is 4.79 Å². The molecule has 0 aromatic heterocycles. The van der Waals surface area contributed by atoms with Crippen molar-refractivity contribution in [3.63, 3.8) is 0 Å². The number of rotatable bonds is 4. The largest absolute Gasteiger partial charge is 0.341 e. The normalized spacial score (nSPS) is 16.1. The van der Waals surface area contributed by atoms with E-state index in [1.807, 2.05) is 30.3 Å². The molecule has 1 aliphatic carbocycles. The fraction of sp³-hybridized carbons (Fsp3) is 0.350. The van der Waals surface area contributed by atoms with Crippen LogP contribution in [-0.2, 0) is 16.8 Å². The van der Waals surface area contributed by atoms with Gasteiger partial charge in [-0.05, 0) is 42.2 Å². The van der Waals surface area contributed by atoms with E-state index in [1.165, 1.54) is 12.1 Å². The highest BCUT2D eigenvalue weighted by atomic mass is 35.5. The second-order valence-electron chi connectivity index (χ2n) is 6.55. The van der Waals surface area contributed by atoms with Gasteiger partial charge >= 0.3 is 0 Å². The third-order valence-corrected chi connectivity index (χ3v) is 5.32. The molecule has 1 saturated carbocycles. The first-order valence-corrected chi connectivity index (χ1v) is 8.66. The van der Waals surface area contributed by atoms with Crippen molar-refractivity contribution < 1.29 is 9.18 Å². The van der Waals surface area contributed by atoms with E-state index in [-0.39, 0.29) is 11.7 Å². The zero-order valence-electron chi connectivity index (χ0n) is 13.8. The molecule has 0 spiro atoms. The molecule has 0 N–H and O–H groups in total. The number of hydrogen-bond donors (Lipinski definition) is 0. The summed E-state index contributed by atoms with van der Waals surface area (Å²) in [6.07, 6.45) is 3.51. The van der Waals surface area contributed by atoms with Crippen LogP contribution in [0.1, 0.15) is 36.8 Å². The molecular weight excluding hydrogens is 325 g/mol. The lowest BCUT2D eigenvalue weighted by atomic mass is 9.77. The monoisotopic (exact) mass is 345 g/mol. The van der Waals surface area contributed by atoms with Crippen LogP contribution in [0.5, 0.6) is 0 Å². The maximum atomic E-state index is 13.7. The molecule has 0 bridgehead atoms. The van der Waals surface area contributed by atoms with Gasteiger partial charge in [-0.2, -0.15) is 0 Å². The number of carbonyl (C=O) groups is 1. The first-order chi connectivity index (χ1) is 11.5. The van der Waals surface area contributed by atoms with Gasteiger partial charge in [0.15, 0.2) is 0 Å². The van der Waals surface area contributed by atoms with Crippen molar-refractivity contribution in [1.29, 1.82) is 0 Å². The van der Waals surface area contributed by atoms with E-state index in [2.05, 4.69) is 0 Å². The van der Waals surface area contributed by atoms with Crippen LogP contribution in [0.25, 0.3) is 0 Å². The summed E-state index contributed by atoms with van der Waals surface area (Å²) in [5.74, 6) is -0.245. The third kappa shape index (κ3) is 3.18. The lowest BCUT2D eigenvalue weighted by Gasteiger charge is -2.33. The van der Waals surface area contributed by atoms with Crippen LogP contribution in [0.3, 0.4) is 0 Å². The van der Waals surface area contributed by atoms with Crippen molar-refractivity contribution >= 4 is 17.5 Å². The van der Waals surface area contributed by atoms with Crippen molar-refractivity contribution in [3.8, 4) is 0 Å². The molecule has 0 unspecified atom stereocenters. The van der Waals surface area contributed by atoms with Gasteiger partial charge < -0.3 is 4.90 Å². The molecule has 0 aliphatic heterocycles. The van der Waals surface area contributed by atoms with Crippen molar-refractivity contribution in [2.75, 3.05) is 7.05 Å². The lowest BCUT2D eigenvalue weighted by Crippen LogP contribution is -2.43. The summed E-state index contributed by atoms with van der Waals surface area (Å²) in [5.41, 5.74) is 1.09. The average Bonchev–Trinajstić information content (AvgIpc) is 3.07. The Labute approximate surface area is 147 Å². The minimum atomic E-state index is -0.613. The molecule has 126 valence electrons. The third-order valence-electron chi connectivity index (χ3n) is 4.96. The van der Waals surface area contributed by atoms with E-state index in [1.54, 1.807) is 18.0 Å². The Morgan fingerprint density at radius 2 is 1.88 bits per heavy atom. The van der Waals surface area contributed by atoms with Gasteiger partial charge in [0.05, 0.1) is 5.41 Å². The predicted molar refractivity (Wildman–Crippen MR) is 94.5 cm³/mol. The minimum absolute atomic E-state index is 0.0468. The molecule has 4 heteroatoms. The summed E-state index contributed by atoms with van der Waals surface area (Å²) >= 11 is 6.22. The number of nitrogens with zero attached hydrogens (tertiary/aromatic N) is 1. The number of hydrogen-bond acceptors (Lipinski definition) is 1. The van der Waals surface area contributed by atoms with Crippen LogP contribution in [0.15, 0.2) is 48.5 Å². The number of carbonyl (C=O) groups excluding carboxylic acids is 1. The maximum Gasteiger partial charge on any atom is 0.233 e. The summed E-state index contributed by atoms with van der Waals surface area (Å²) in [4.78, 5) is 15.0. The van der Waals surface area contributed by atoms with E-state index >= 15 is 0 Å². The van der Waals surface area contributed by atoms with Crippen molar-refractivity contribution in [3.05, 3.63) is 70.5 Å². The highest BCUT2D eigenvalue weighted by molar-refractivity contribution is 6.31. The van der Waals surface area contributed by atoms with E-state index in [4.69, 9.17) is 11.6 Å². The molecule has 2 aromatic carbocycles. The Morgan fingerprint density at radius 1 is 1.17 bits per heavy atom. The first-order valence-electron chi connectivity index (χ1n) is 8.28. The summed E-state index contributed by atoms with van der Waals surface area (Å²) < 4.78 is 13.7. The second kappa shape index (κ2) is 6.94. The number of amides is 1. The Balaban J connectivity index is 1.89. The van der Waals surface area contributed by atoms with Gasteiger partial charge in [0.25, 0.3) is 0 Å². The van der Waals surface area contributed by atoms with Crippen LogP contribution in [0.2, 0.25) is 5.02 Å². The van der Waals surface area contributed by atoms with Crippen LogP contribution in [0, 0.1) is 5.82 Å². The minimum Gasteiger partial charge on any atom is -0.341 e. The second-order valence-corrected chi connectivity index (χ2v) is 6.96. The van der Waals surface area contributed by atoms with E-state index in [9.17, 15) is 9.18 Å². The standard InChI is InChI=1S/C20H21ClFNO/c1-23(14-15-7-2-3-10-18(15)21)19(24)20(11-4-5-12-20)16-8-6-9-17(22)13-16/h2-3,6-10,13H,4-5,11-12,14H2,1H3. The highest BCUT2D eigenvalue weighted by Crippen LogP contribution is 2.43. The van der Waals surface area contributed by atoms with Gasteiger partial charge in [-0.25, -0.2) is 4.39 Å². The molecule has 1 fully saturated rings. The SMILES string of the molecule is CN(Cc1ccccc1Cl)C(=O)C1(c2cccc(F)c2)CCCC1. The quantitative estimate of drug-likeness (QED) is 0.767. The molecule has 0 heterocycles. The lowest BCUT2D eigenvalue weighted by molar-refractivity contribution is -0.136. The molecule has 1 amide bonds. The van der Waals surface area contributed by atoms with Crippen molar-refractivity contribution in [1.82, 2.24) is 4.90 Å². The van der Waals surface area contributed by atoms with Crippen LogP contribution >= 0.6 is 11.6 Å². The number of benzene rings is 2. The predicted octanol–water partition coefficient (Wildman–Crippen LogP) is 4.95. The average molecular weight is 346 g/mol. The van der Waals surface area contributed by atoms with E-state index in [0.717, 1.165) is 36.8 Å². The maximum absolute atomic E-state index is 13.7. The Kier molecular flexibility index (Phi) is 4.91. The summed E-state index contributed by atoms with van der Waals surface area (Å²) in [6.45, 7) is 0.454. The van der Waals surface area contributed by atoms with E-state index in [0.29, 0.717) is 11.6 Å². The summed E-state index contributed by atoms with van der Waals surface area (Å²) in [7, 11) is 1.80. The smallest absolute Gasteiger partial charge is 0.233 e. The molecular formula is C20H21ClFNO. The van der Waals surface area contributed by atoms with Gasteiger partial charge in [0.2, 0.25) is 5.91 Å². The highest BCUT2D eigenvalue weighted by Gasteiger charge is 2.44. The Morgan fingerprint density at radius 3 is 2.54 bits per heavy atom. The van der Waals surface area contributed by atoms with Gasteiger partial charge in [0.1, 0.15) is 5.82 Å². The Hall–Kier alpha value is -1.87. The molecule has 0 radical (unpaired) electrons. The fourth-order valence-corrected chi connectivity index (χ4v) is 3.91. The van der Waals surface area contributed by atoms with Crippen molar-refractivity contribution in [2.45, 2.75) is 37.6 Å². The Bertz CT molecular complexity index is 740. The zero-order valence-corrected chi connectivity index (χ0v) is 14.5. The van der Waals surface area contributed by atoms with Gasteiger partial charge in [-0.1, -0.05) is 54.8 Å². The molecule has 3 rings (SSSR count). The van der Waals surface area contributed by atoms with Crippen LogP contribution in [0.4, 0.5) is 4.39 Å². The summed E-state index contributed by atoms with van der Waals surface area (Å²) in [6, 6.07) is 14.0. The molecule has 2 aromatic rings. The molecule has 0 saturated heterocycles. The molecule has 1 aliphatic rings. The topological polar surface area (TPSA) is 20.3 Å². The van der Waals surface area contributed by atoms with Crippen LogP contribution in [-0.4, -0.2) is 17.9 Å². The summed E-state index contributed by atoms with van der Waals surface area (Å²) in [5, 5.41) is 0.656. The number of likely N-dealkylation sites (N-methyl/N-ethyl adjacent to an activating group) is 1.